The van der Waals surface area contributed by atoms with Crippen LogP contribution in [0.3, 0.4) is 0 Å². The number of piperidine rings is 1. The number of benzene rings is 2. The number of carbonyl (C=O) groups is 1. The third kappa shape index (κ3) is 5.21. The quantitative estimate of drug-likeness (QED) is 0.731. The van der Waals surface area contributed by atoms with E-state index in [-0.39, 0.29) is 10.8 Å². The maximum absolute atomic E-state index is 13.0. The number of hydrogen-bond donors (Lipinski definition) is 1. The monoisotopic (exact) mass is 430 g/mol. The van der Waals surface area contributed by atoms with Crippen LogP contribution in [0, 0.1) is 12.8 Å². The standard InChI is InChI=1S/C23H30N2O4S/c1-17-11-14-25(15-12-17)30(27,28)21-9-4-18(2)22(16-21)23(26)24-13-10-19-5-7-20(29-3)8-6-19/h4-9,16-17H,10-15H2,1-3H3,(H,24,26). The second-order valence-corrected chi connectivity index (χ2v) is 9.86. The van der Waals surface area contributed by atoms with Crippen LogP contribution in [0.2, 0.25) is 0 Å². The molecule has 1 heterocycles. The number of rotatable bonds is 7. The number of nitrogens with zero attached hydrogens (tertiary/aromatic N) is 1. The van der Waals surface area contributed by atoms with Gasteiger partial charge in [0.05, 0.1) is 12.0 Å². The van der Waals surface area contributed by atoms with Gasteiger partial charge in [-0.25, -0.2) is 8.42 Å². The average molecular weight is 431 g/mol. The van der Waals surface area contributed by atoms with E-state index in [2.05, 4.69) is 12.2 Å². The highest BCUT2D eigenvalue weighted by molar-refractivity contribution is 7.89. The second-order valence-electron chi connectivity index (χ2n) is 7.92. The fourth-order valence-corrected chi connectivity index (χ4v) is 5.08. The van der Waals surface area contributed by atoms with E-state index < -0.39 is 10.0 Å². The number of amides is 1. The summed E-state index contributed by atoms with van der Waals surface area (Å²) in [5, 5.41) is 2.90. The Bertz CT molecular complexity index is 979. The van der Waals surface area contributed by atoms with Gasteiger partial charge in [0.25, 0.3) is 5.91 Å². The molecule has 162 valence electrons. The summed E-state index contributed by atoms with van der Waals surface area (Å²) in [6.07, 6.45) is 2.41. The first-order valence-corrected chi connectivity index (χ1v) is 11.8. The molecule has 0 aliphatic carbocycles. The van der Waals surface area contributed by atoms with Crippen molar-refractivity contribution < 1.29 is 17.9 Å². The van der Waals surface area contributed by atoms with Crippen molar-refractivity contribution in [2.45, 2.75) is 38.0 Å². The van der Waals surface area contributed by atoms with Crippen molar-refractivity contribution in [1.29, 1.82) is 0 Å². The smallest absolute Gasteiger partial charge is 0.251 e. The summed E-state index contributed by atoms with van der Waals surface area (Å²) in [6.45, 7) is 5.48. The van der Waals surface area contributed by atoms with E-state index in [1.54, 1.807) is 19.2 Å². The topological polar surface area (TPSA) is 75.7 Å². The van der Waals surface area contributed by atoms with Crippen molar-refractivity contribution in [3.8, 4) is 5.75 Å². The van der Waals surface area contributed by atoms with Crippen molar-refractivity contribution in [2.24, 2.45) is 5.92 Å². The Labute approximate surface area is 179 Å². The zero-order valence-corrected chi connectivity index (χ0v) is 18.7. The Balaban J connectivity index is 1.67. The first-order chi connectivity index (χ1) is 14.3. The van der Waals surface area contributed by atoms with Crippen LogP contribution < -0.4 is 10.1 Å². The molecule has 2 aromatic rings. The first kappa shape index (κ1) is 22.3. The fraction of sp³-hybridized carbons (Fsp3) is 0.435. The minimum absolute atomic E-state index is 0.183. The van der Waals surface area contributed by atoms with Crippen LogP contribution in [0.25, 0.3) is 0 Å². The number of hydrogen-bond acceptors (Lipinski definition) is 4. The van der Waals surface area contributed by atoms with Crippen molar-refractivity contribution in [1.82, 2.24) is 9.62 Å². The molecule has 1 aliphatic rings. The van der Waals surface area contributed by atoms with Crippen molar-refractivity contribution in [3.05, 3.63) is 59.2 Å². The van der Waals surface area contributed by atoms with Crippen LogP contribution in [0.1, 0.15) is 41.3 Å². The molecular formula is C23H30N2O4S. The number of sulfonamides is 1. The van der Waals surface area contributed by atoms with Gasteiger partial charge >= 0.3 is 0 Å². The zero-order chi connectivity index (χ0) is 21.7. The SMILES string of the molecule is COc1ccc(CCNC(=O)c2cc(S(=O)(=O)N3CCC(C)CC3)ccc2C)cc1. The molecule has 1 saturated heterocycles. The molecule has 30 heavy (non-hydrogen) atoms. The van der Waals surface area contributed by atoms with Crippen molar-refractivity contribution in [2.75, 3.05) is 26.7 Å². The molecule has 2 aromatic carbocycles. The Morgan fingerprint density at radius 1 is 1.13 bits per heavy atom. The van der Waals surface area contributed by atoms with Crippen LogP contribution >= 0.6 is 0 Å². The number of nitrogens with one attached hydrogen (secondary N) is 1. The minimum Gasteiger partial charge on any atom is -0.497 e. The Morgan fingerprint density at radius 3 is 2.43 bits per heavy atom. The highest BCUT2D eigenvalue weighted by Crippen LogP contribution is 2.25. The molecule has 7 heteroatoms. The lowest BCUT2D eigenvalue weighted by molar-refractivity contribution is 0.0953. The van der Waals surface area contributed by atoms with Crippen LogP contribution in [-0.4, -0.2) is 45.4 Å². The summed E-state index contributed by atoms with van der Waals surface area (Å²) in [6, 6.07) is 12.5. The maximum Gasteiger partial charge on any atom is 0.251 e. The van der Waals surface area contributed by atoms with Crippen LogP contribution in [0.5, 0.6) is 5.75 Å². The fourth-order valence-electron chi connectivity index (χ4n) is 3.59. The third-order valence-electron chi connectivity index (χ3n) is 5.69. The molecule has 1 aliphatic heterocycles. The van der Waals surface area contributed by atoms with E-state index in [0.29, 0.717) is 37.5 Å². The molecule has 0 spiro atoms. The van der Waals surface area contributed by atoms with Crippen molar-refractivity contribution >= 4 is 15.9 Å². The lowest BCUT2D eigenvalue weighted by Crippen LogP contribution is -2.38. The molecule has 0 unspecified atom stereocenters. The molecule has 3 rings (SSSR count). The van der Waals surface area contributed by atoms with Gasteiger partial charge in [0, 0.05) is 25.2 Å². The molecular weight excluding hydrogens is 400 g/mol. The molecule has 0 saturated carbocycles. The van der Waals surface area contributed by atoms with Gasteiger partial charge in [-0.1, -0.05) is 25.1 Å². The summed E-state index contributed by atoms with van der Waals surface area (Å²) < 4.78 is 32.7. The summed E-state index contributed by atoms with van der Waals surface area (Å²) in [5.74, 6) is 1.08. The summed E-state index contributed by atoms with van der Waals surface area (Å²) in [7, 11) is -1.96. The van der Waals surface area contributed by atoms with Gasteiger partial charge in [0.15, 0.2) is 0 Å². The highest BCUT2D eigenvalue weighted by Gasteiger charge is 2.28. The Kier molecular flexibility index (Phi) is 7.15. The predicted octanol–water partition coefficient (Wildman–Crippen LogP) is 3.40. The molecule has 0 bridgehead atoms. The Morgan fingerprint density at radius 2 is 1.80 bits per heavy atom. The number of methoxy groups -OCH3 is 1. The Hall–Kier alpha value is -2.38. The van der Waals surface area contributed by atoms with E-state index in [1.807, 2.05) is 31.2 Å². The maximum atomic E-state index is 13.0. The highest BCUT2D eigenvalue weighted by atomic mass is 32.2. The average Bonchev–Trinajstić information content (AvgIpc) is 2.74. The number of aryl methyl sites for hydroxylation is 1. The second kappa shape index (κ2) is 9.62. The molecule has 1 fully saturated rings. The minimum atomic E-state index is -3.59. The van der Waals surface area contributed by atoms with E-state index in [9.17, 15) is 13.2 Å². The zero-order valence-electron chi connectivity index (χ0n) is 17.8. The largest absolute Gasteiger partial charge is 0.497 e. The van der Waals surface area contributed by atoms with Crippen LogP contribution in [-0.2, 0) is 16.4 Å². The number of carbonyl (C=O) groups excluding carboxylic acids is 1. The lowest BCUT2D eigenvalue weighted by atomic mass is 10.0. The van der Waals surface area contributed by atoms with Crippen LogP contribution in [0.4, 0.5) is 0 Å². The third-order valence-corrected chi connectivity index (χ3v) is 7.59. The first-order valence-electron chi connectivity index (χ1n) is 10.3. The van der Waals surface area contributed by atoms with Gasteiger partial charge in [0.1, 0.15) is 5.75 Å². The molecule has 1 N–H and O–H groups in total. The van der Waals surface area contributed by atoms with Crippen LogP contribution in [0.15, 0.2) is 47.4 Å². The van der Waals surface area contributed by atoms with Gasteiger partial charge in [-0.2, -0.15) is 4.31 Å². The molecule has 1 amide bonds. The molecule has 0 atom stereocenters. The van der Waals surface area contributed by atoms with Crippen molar-refractivity contribution in [3.63, 3.8) is 0 Å². The lowest BCUT2D eigenvalue weighted by Gasteiger charge is -2.29. The summed E-state index contributed by atoms with van der Waals surface area (Å²) in [4.78, 5) is 12.9. The number of ether oxygens (including phenoxy) is 1. The van der Waals surface area contributed by atoms with Gasteiger partial charge in [0.2, 0.25) is 10.0 Å². The van der Waals surface area contributed by atoms with E-state index >= 15 is 0 Å². The summed E-state index contributed by atoms with van der Waals surface area (Å²) >= 11 is 0. The van der Waals surface area contributed by atoms with Gasteiger partial charge in [-0.3, -0.25) is 4.79 Å². The normalized spacial score (nSPS) is 15.7. The van der Waals surface area contributed by atoms with E-state index in [0.717, 1.165) is 29.7 Å². The summed E-state index contributed by atoms with van der Waals surface area (Å²) in [5.41, 5.74) is 2.24. The van der Waals surface area contributed by atoms with E-state index in [4.69, 9.17) is 4.74 Å². The molecule has 0 radical (unpaired) electrons. The van der Waals surface area contributed by atoms with Gasteiger partial charge in [-0.15, -0.1) is 0 Å². The molecule has 6 nitrogen and oxygen atoms in total. The molecule has 0 aromatic heterocycles. The predicted molar refractivity (Wildman–Crippen MR) is 117 cm³/mol. The van der Waals surface area contributed by atoms with Gasteiger partial charge in [-0.05, 0) is 67.5 Å². The van der Waals surface area contributed by atoms with Gasteiger partial charge < -0.3 is 10.1 Å². The van der Waals surface area contributed by atoms with E-state index in [1.165, 1.54) is 10.4 Å².